The molecule has 0 N–H and O–H groups in total. The average molecular weight is 335 g/mol. The zero-order chi connectivity index (χ0) is 18.0. The highest BCUT2D eigenvalue weighted by atomic mass is 16.6. The lowest BCUT2D eigenvalue weighted by atomic mass is 9.91. The number of ether oxygens (including phenoxy) is 3. The number of nitrogens with zero attached hydrogens (tertiary/aromatic N) is 1. The molecule has 0 saturated carbocycles. The maximum absolute atomic E-state index is 12.6. The van der Waals surface area contributed by atoms with Gasteiger partial charge in [-0.05, 0) is 26.3 Å². The fourth-order valence-electron chi connectivity index (χ4n) is 2.95. The van der Waals surface area contributed by atoms with Crippen molar-refractivity contribution in [2.75, 3.05) is 20.8 Å². The second-order valence-corrected chi connectivity index (χ2v) is 6.92. The molecule has 24 heavy (non-hydrogen) atoms. The molecule has 1 fully saturated rings. The molecular formula is C18H25NO5. The number of esters is 1. The minimum Gasteiger partial charge on any atom is -0.467 e. The van der Waals surface area contributed by atoms with E-state index in [0.29, 0.717) is 6.42 Å². The van der Waals surface area contributed by atoms with Gasteiger partial charge in [0, 0.05) is 13.5 Å². The van der Waals surface area contributed by atoms with Crippen molar-refractivity contribution in [3.63, 3.8) is 0 Å². The fourth-order valence-corrected chi connectivity index (χ4v) is 2.95. The Bertz CT molecular complexity index is 595. The van der Waals surface area contributed by atoms with E-state index in [9.17, 15) is 9.59 Å². The van der Waals surface area contributed by atoms with E-state index in [1.807, 2.05) is 30.3 Å². The maximum atomic E-state index is 12.6. The smallest absolute Gasteiger partial charge is 0.411 e. The lowest BCUT2D eigenvalue weighted by Gasteiger charge is -2.29. The normalized spacial score (nSPS) is 23.9. The molecule has 132 valence electrons. The largest absolute Gasteiger partial charge is 0.467 e. The summed E-state index contributed by atoms with van der Waals surface area (Å²) in [6, 6.07) is 8.82. The van der Waals surface area contributed by atoms with Crippen molar-refractivity contribution in [1.82, 2.24) is 4.90 Å². The molecule has 1 aliphatic rings. The van der Waals surface area contributed by atoms with Gasteiger partial charge in [0.1, 0.15) is 17.2 Å². The first-order valence-electron chi connectivity index (χ1n) is 7.90. The van der Waals surface area contributed by atoms with Gasteiger partial charge in [0.15, 0.2) is 0 Å². The molecule has 0 spiro atoms. The van der Waals surface area contributed by atoms with Gasteiger partial charge in [0.2, 0.25) is 0 Å². The van der Waals surface area contributed by atoms with Crippen LogP contribution in [0.25, 0.3) is 0 Å². The first kappa shape index (κ1) is 18.3. The van der Waals surface area contributed by atoms with Gasteiger partial charge in [-0.3, -0.25) is 4.90 Å². The Hall–Kier alpha value is -2.08. The van der Waals surface area contributed by atoms with Crippen molar-refractivity contribution in [2.45, 2.75) is 44.4 Å². The second-order valence-electron chi connectivity index (χ2n) is 6.92. The molecule has 2 rings (SSSR count). The van der Waals surface area contributed by atoms with Crippen molar-refractivity contribution in [3.8, 4) is 0 Å². The third-order valence-electron chi connectivity index (χ3n) is 4.12. The van der Waals surface area contributed by atoms with E-state index in [1.165, 1.54) is 12.0 Å². The first-order chi connectivity index (χ1) is 11.2. The molecular weight excluding hydrogens is 310 g/mol. The zero-order valence-electron chi connectivity index (χ0n) is 14.9. The zero-order valence-corrected chi connectivity index (χ0v) is 14.9. The number of rotatable bonds is 3. The molecule has 1 heterocycles. The summed E-state index contributed by atoms with van der Waals surface area (Å²) in [5.74, 6) is -0.476. The number of amides is 1. The Balaban J connectivity index is 2.35. The molecule has 1 amide bonds. The van der Waals surface area contributed by atoms with Crippen LogP contribution < -0.4 is 0 Å². The van der Waals surface area contributed by atoms with Crippen LogP contribution in [0, 0.1) is 0 Å². The molecule has 0 aliphatic carbocycles. The molecule has 2 atom stereocenters. The van der Waals surface area contributed by atoms with Crippen molar-refractivity contribution in [1.29, 1.82) is 0 Å². The predicted octanol–water partition coefficient (Wildman–Crippen LogP) is 2.71. The number of carbonyl (C=O) groups is 2. The van der Waals surface area contributed by atoms with Crippen molar-refractivity contribution < 1.29 is 23.8 Å². The Kier molecular flexibility index (Phi) is 5.18. The third-order valence-corrected chi connectivity index (χ3v) is 4.12. The van der Waals surface area contributed by atoms with E-state index in [-0.39, 0.29) is 6.54 Å². The quantitative estimate of drug-likeness (QED) is 0.795. The molecule has 1 aromatic carbocycles. The van der Waals surface area contributed by atoms with Gasteiger partial charge in [0.25, 0.3) is 0 Å². The molecule has 0 aromatic heterocycles. The van der Waals surface area contributed by atoms with E-state index in [2.05, 4.69) is 0 Å². The van der Waals surface area contributed by atoms with Crippen LogP contribution >= 0.6 is 0 Å². The van der Waals surface area contributed by atoms with Gasteiger partial charge in [-0.2, -0.15) is 0 Å². The van der Waals surface area contributed by atoms with Crippen LogP contribution in [0.1, 0.15) is 32.8 Å². The van der Waals surface area contributed by atoms with Crippen LogP contribution in [0.3, 0.4) is 0 Å². The molecule has 1 aliphatic heterocycles. The molecule has 1 aromatic rings. The number of hydrogen-bond donors (Lipinski definition) is 0. The molecule has 0 bridgehead atoms. The van der Waals surface area contributed by atoms with E-state index in [0.717, 1.165) is 5.56 Å². The maximum Gasteiger partial charge on any atom is 0.411 e. The summed E-state index contributed by atoms with van der Waals surface area (Å²) >= 11 is 0. The van der Waals surface area contributed by atoms with Crippen LogP contribution in [0.4, 0.5) is 4.79 Å². The summed E-state index contributed by atoms with van der Waals surface area (Å²) in [5.41, 5.74) is -0.507. The standard InChI is InChI=1S/C18H25NO5/c1-17(2,3)24-16(21)19-12-18(23-5,11-14(19)15(20)22-4)13-9-7-6-8-10-13/h6-10,14H,11-12H2,1-5H3/t14-,18-/m0/s1. The first-order valence-corrected chi connectivity index (χ1v) is 7.90. The Labute approximate surface area is 142 Å². The van der Waals surface area contributed by atoms with Crippen molar-refractivity contribution >= 4 is 12.1 Å². The summed E-state index contributed by atoms with van der Waals surface area (Å²) < 4.78 is 16.1. The molecule has 6 heteroatoms. The van der Waals surface area contributed by atoms with Gasteiger partial charge in [-0.15, -0.1) is 0 Å². The molecule has 6 nitrogen and oxygen atoms in total. The molecule has 0 radical (unpaired) electrons. The Morgan fingerprint density at radius 1 is 1.17 bits per heavy atom. The topological polar surface area (TPSA) is 65.1 Å². The number of likely N-dealkylation sites (tertiary alicyclic amines) is 1. The van der Waals surface area contributed by atoms with Crippen molar-refractivity contribution in [2.24, 2.45) is 0 Å². The average Bonchev–Trinajstić information content (AvgIpc) is 2.95. The number of carbonyl (C=O) groups excluding carboxylic acids is 2. The minimum atomic E-state index is -0.767. The fraction of sp³-hybridized carbons (Fsp3) is 0.556. The second kappa shape index (κ2) is 6.81. The third kappa shape index (κ3) is 3.70. The van der Waals surface area contributed by atoms with E-state index >= 15 is 0 Å². The number of benzene rings is 1. The van der Waals surface area contributed by atoms with Gasteiger partial charge in [-0.25, -0.2) is 9.59 Å². The summed E-state index contributed by atoms with van der Waals surface area (Å²) in [7, 11) is 2.89. The summed E-state index contributed by atoms with van der Waals surface area (Å²) in [6.45, 7) is 5.58. The Morgan fingerprint density at radius 2 is 1.79 bits per heavy atom. The van der Waals surface area contributed by atoms with Crippen LogP contribution in [-0.4, -0.2) is 49.4 Å². The SMILES string of the molecule is COC(=O)[C@@H]1C[C@@](OC)(c2ccccc2)CN1C(=O)OC(C)(C)C. The molecule has 1 saturated heterocycles. The highest BCUT2D eigenvalue weighted by Crippen LogP contribution is 2.39. The summed E-state index contributed by atoms with van der Waals surface area (Å²) in [4.78, 5) is 26.2. The number of hydrogen-bond acceptors (Lipinski definition) is 5. The van der Waals surface area contributed by atoms with E-state index < -0.39 is 29.3 Å². The lowest BCUT2D eigenvalue weighted by molar-refractivity contribution is -0.145. The van der Waals surface area contributed by atoms with Crippen LogP contribution in [0.2, 0.25) is 0 Å². The van der Waals surface area contributed by atoms with Gasteiger partial charge in [-0.1, -0.05) is 30.3 Å². The lowest BCUT2D eigenvalue weighted by Crippen LogP contribution is -2.44. The van der Waals surface area contributed by atoms with Crippen LogP contribution in [-0.2, 0) is 24.6 Å². The monoisotopic (exact) mass is 335 g/mol. The molecule has 0 unspecified atom stereocenters. The van der Waals surface area contributed by atoms with E-state index in [1.54, 1.807) is 27.9 Å². The van der Waals surface area contributed by atoms with Crippen molar-refractivity contribution in [3.05, 3.63) is 35.9 Å². The van der Waals surface area contributed by atoms with Gasteiger partial charge < -0.3 is 14.2 Å². The number of methoxy groups -OCH3 is 2. The highest BCUT2D eigenvalue weighted by molar-refractivity contribution is 5.82. The Morgan fingerprint density at radius 3 is 2.29 bits per heavy atom. The van der Waals surface area contributed by atoms with Gasteiger partial charge >= 0.3 is 12.1 Å². The van der Waals surface area contributed by atoms with Crippen LogP contribution in [0.15, 0.2) is 30.3 Å². The van der Waals surface area contributed by atoms with E-state index in [4.69, 9.17) is 14.2 Å². The van der Waals surface area contributed by atoms with Crippen LogP contribution in [0.5, 0.6) is 0 Å². The minimum absolute atomic E-state index is 0.224. The highest BCUT2D eigenvalue weighted by Gasteiger charge is 2.51. The summed E-state index contributed by atoms with van der Waals surface area (Å²) in [5, 5.41) is 0. The van der Waals surface area contributed by atoms with Gasteiger partial charge in [0.05, 0.1) is 13.7 Å². The summed E-state index contributed by atoms with van der Waals surface area (Å²) in [6.07, 6.45) is -0.229. The predicted molar refractivity (Wildman–Crippen MR) is 88.5 cm³/mol.